The van der Waals surface area contributed by atoms with Gasteiger partial charge < -0.3 is 20.2 Å². The number of hydrogen-bond donors (Lipinski definition) is 2. The minimum atomic E-state index is -4.77. The second-order valence-electron chi connectivity index (χ2n) is 9.62. The monoisotopic (exact) mass is 509 g/mol. The Morgan fingerprint density at radius 3 is 2.58 bits per heavy atom. The van der Waals surface area contributed by atoms with E-state index in [1.165, 1.54) is 23.2 Å². The molecule has 3 heterocycles. The van der Waals surface area contributed by atoms with E-state index in [1.807, 2.05) is 6.07 Å². The van der Waals surface area contributed by atoms with E-state index in [1.54, 1.807) is 12.1 Å². The number of aromatic nitrogens is 1. The first kappa shape index (κ1) is 24.0. The Hall–Kier alpha value is -3.69. The number of benzene rings is 1. The predicted molar refractivity (Wildman–Crippen MR) is 115 cm³/mol. The van der Waals surface area contributed by atoms with Gasteiger partial charge in [0, 0.05) is 36.9 Å². The standard InChI is InChI=1S/C23H20F5N5O3/c24-22(25)12-32(19(35)36)7-5-16(22)31-18(34)20-9-21(20,23(26,27)28)11-33(10-20)15-4-3-13(8-29)17-14(15)2-1-6-30-17/h1-4,6,16H,5,7,9-12H2,(H,31,34)(H,35,36). The first-order chi connectivity index (χ1) is 16.8. The predicted octanol–water partition coefficient (Wildman–Crippen LogP) is 3.37. The number of anilines is 1. The Bertz CT molecular complexity index is 1310. The molecule has 0 radical (unpaired) electrons. The number of piperidine rings is 2. The average Bonchev–Trinajstić information content (AvgIpc) is 3.36. The van der Waals surface area contributed by atoms with Crippen LogP contribution in [0.3, 0.4) is 0 Å². The van der Waals surface area contributed by atoms with Gasteiger partial charge in [-0.3, -0.25) is 9.78 Å². The summed E-state index contributed by atoms with van der Waals surface area (Å²) in [5.74, 6) is -4.75. The maximum absolute atomic E-state index is 14.6. The Balaban J connectivity index is 1.45. The molecule has 1 saturated carbocycles. The van der Waals surface area contributed by atoms with Crippen LogP contribution < -0.4 is 10.2 Å². The van der Waals surface area contributed by atoms with Crippen molar-refractivity contribution >= 4 is 28.6 Å². The quantitative estimate of drug-likeness (QED) is 0.615. The number of carbonyl (C=O) groups excluding carboxylic acids is 1. The van der Waals surface area contributed by atoms with Gasteiger partial charge in [0.1, 0.15) is 11.5 Å². The summed E-state index contributed by atoms with van der Waals surface area (Å²) in [6.45, 7) is -2.33. The number of nitrogens with zero attached hydrogens (tertiary/aromatic N) is 4. The molecule has 5 rings (SSSR count). The van der Waals surface area contributed by atoms with Crippen LogP contribution in [0.4, 0.5) is 32.4 Å². The molecule has 8 nitrogen and oxygen atoms in total. The molecule has 190 valence electrons. The molecule has 0 bridgehead atoms. The van der Waals surface area contributed by atoms with Crippen LogP contribution in [0.2, 0.25) is 0 Å². The lowest BCUT2D eigenvalue weighted by Gasteiger charge is -2.38. The zero-order chi connectivity index (χ0) is 26.1. The normalized spacial score (nSPS) is 28.9. The fraction of sp³-hybridized carbons (Fsp3) is 0.478. The lowest BCUT2D eigenvalue weighted by Crippen LogP contribution is -2.60. The number of halogens is 5. The zero-order valence-electron chi connectivity index (χ0n) is 18.6. The highest BCUT2D eigenvalue weighted by Crippen LogP contribution is 2.75. The highest BCUT2D eigenvalue weighted by Gasteiger charge is 2.86. The topological polar surface area (TPSA) is 110 Å². The molecule has 0 spiro atoms. The minimum absolute atomic E-state index is 0.242. The molecule has 2 aromatic rings. The number of amides is 2. The molecular formula is C23H20F5N5O3. The van der Waals surface area contributed by atoms with Gasteiger partial charge in [-0.1, -0.05) is 0 Å². The molecule has 2 aliphatic heterocycles. The summed E-state index contributed by atoms with van der Waals surface area (Å²) in [5.41, 5.74) is -3.47. The van der Waals surface area contributed by atoms with Gasteiger partial charge in [0.2, 0.25) is 5.91 Å². The summed E-state index contributed by atoms with van der Waals surface area (Å²) in [5, 5.41) is 20.9. The van der Waals surface area contributed by atoms with Crippen molar-refractivity contribution in [2.24, 2.45) is 10.8 Å². The number of carbonyl (C=O) groups is 2. The summed E-state index contributed by atoms with van der Waals surface area (Å²) in [7, 11) is 0. The Morgan fingerprint density at radius 1 is 1.19 bits per heavy atom. The fourth-order valence-corrected chi connectivity index (χ4v) is 5.69. The van der Waals surface area contributed by atoms with Gasteiger partial charge >= 0.3 is 12.3 Å². The van der Waals surface area contributed by atoms with Gasteiger partial charge in [-0.2, -0.15) is 18.4 Å². The third-order valence-corrected chi connectivity index (χ3v) is 7.68. The second kappa shape index (κ2) is 7.65. The molecule has 13 heteroatoms. The summed E-state index contributed by atoms with van der Waals surface area (Å²) in [6.07, 6.45) is -5.80. The summed E-state index contributed by atoms with van der Waals surface area (Å²) in [6, 6.07) is 6.35. The smallest absolute Gasteiger partial charge is 0.407 e. The SMILES string of the molecule is N#Cc1ccc(N2CC3(C(=O)NC4CCN(C(=O)O)CC4(F)F)CC3(C(F)(F)F)C2)c2cccnc12. The maximum atomic E-state index is 14.6. The van der Waals surface area contributed by atoms with E-state index in [4.69, 9.17) is 5.11 Å². The van der Waals surface area contributed by atoms with Gasteiger partial charge in [0.15, 0.2) is 0 Å². The molecule has 3 unspecified atom stereocenters. The second-order valence-corrected chi connectivity index (χ2v) is 9.62. The lowest BCUT2D eigenvalue weighted by molar-refractivity contribution is -0.192. The third-order valence-electron chi connectivity index (χ3n) is 7.68. The van der Waals surface area contributed by atoms with E-state index >= 15 is 0 Å². The summed E-state index contributed by atoms with van der Waals surface area (Å²) in [4.78, 5) is 30.3. The van der Waals surface area contributed by atoms with Gasteiger partial charge in [-0.05, 0) is 37.1 Å². The largest absolute Gasteiger partial charge is 0.465 e. The van der Waals surface area contributed by atoms with Crippen LogP contribution in [0.15, 0.2) is 30.5 Å². The molecule has 1 aromatic heterocycles. The molecule has 2 saturated heterocycles. The van der Waals surface area contributed by atoms with Crippen LogP contribution in [0, 0.1) is 22.2 Å². The van der Waals surface area contributed by atoms with E-state index in [0.717, 1.165) is 0 Å². The number of fused-ring (bicyclic) bond motifs is 2. The van der Waals surface area contributed by atoms with Crippen LogP contribution in [-0.2, 0) is 4.79 Å². The number of nitrogens with one attached hydrogen (secondary N) is 1. The molecular weight excluding hydrogens is 489 g/mol. The van der Waals surface area contributed by atoms with Crippen molar-refractivity contribution in [2.75, 3.05) is 31.1 Å². The lowest BCUT2D eigenvalue weighted by atomic mass is 9.93. The van der Waals surface area contributed by atoms with Crippen LogP contribution >= 0.6 is 0 Å². The van der Waals surface area contributed by atoms with Crippen molar-refractivity contribution in [1.82, 2.24) is 15.2 Å². The first-order valence-corrected chi connectivity index (χ1v) is 11.1. The fourth-order valence-electron chi connectivity index (χ4n) is 5.69. The number of likely N-dealkylation sites (tertiary alicyclic amines) is 1. The number of carboxylic acid groups (broad SMARTS) is 1. The number of nitriles is 1. The number of hydrogen-bond acceptors (Lipinski definition) is 5. The van der Waals surface area contributed by atoms with Crippen molar-refractivity contribution < 1.29 is 36.6 Å². The third kappa shape index (κ3) is 3.34. The highest BCUT2D eigenvalue weighted by molar-refractivity contribution is 5.97. The number of pyridine rings is 1. The van der Waals surface area contributed by atoms with Crippen molar-refractivity contribution in [2.45, 2.75) is 31.0 Å². The summed E-state index contributed by atoms with van der Waals surface area (Å²) < 4.78 is 72.1. The Kier molecular flexibility index (Phi) is 5.11. The van der Waals surface area contributed by atoms with Crippen LogP contribution in [0.1, 0.15) is 18.4 Å². The minimum Gasteiger partial charge on any atom is -0.465 e. The molecule has 36 heavy (non-hydrogen) atoms. The van der Waals surface area contributed by atoms with E-state index in [0.29, 0.717) is 21.5 Å². The van der Waals surface area contributed by atoms with Gasteiger partial charge in [0.25, 0.3) is 5.92 Å². The van der Waals surface area contributed by atoms with E-state index in [9.17, 15) is 36.8 Å². The molecule has 3 fully saturated rings. The maximum Gasteiger partial charge on any atom is 0.407 e. The molecule has 2 N–H and O–H groups in total. The molecule has 3 aliphatic rings. The van der Waals surface area contributed by atoms with Crippen molar-refractivity contribution in [3.05, 3.63) is 36.0 Å². The van der Waals surface area contributed by atoms with E-state index in [2.05, 4.69) is 10.3 Å². The van der Waals surface area contributed by atoms with E-state index in [-0.39, 0.29) is 18.7 Å². The van der Waals surface area contributed by atoms with Gasteiger partial charge in [-0.15, -0.1) is 0 Å². The van der Waals surface area contributed by atoms with Crippen LogP contribution in [0.5, 0.6) is 0 Å². The number of rotatable bonds is 3. The van der Waals surface area contributed by atoms with Crippen molar-refractivity contribution in [1.29, 1.82) is 5.26 Å². The number of alkyl halides is 5. The summed E-state index contributed by atoms with van der Waals surface area (Å²) >= 11 is 0. The Morgan fingerprint density at radius 2 is 1.94 bits per heavy atom. The highest BCUT2D eigenvalue weighted by atomic mass is 19.4. The van der Waals surface area contributed by atoms with Crippen molar-refractivity contribution in [3.8, 4) is 6.07 Å². The van der Waals surface area contributed by atoms with Crippen LogP contribution in [-0.4, -0.2) is 71.3 Å². The zero-order valence-corrected chi connectivity index (χ0v) is 18.6. The van der Waals surface area contributed by atoms with Crippen molar-refractivity contribution in [3.63, 3.8) is 0 Å². The first-order valence-electron chi connectivity index (χ1n) is 11.1. The molecule has 1 aliphatic carbocycles. The molecule has 1 aromatic carbocycles. The van der Waals surface area contributed by atoms with Crippen LogP contribution in [0.25, 0.3) is 10.9 Å². The molecule has 2 amide bonds. The van der Waals surface area contributed by atoms with Gasteiger partial charge in [-0.25, -0.2) is 13.6 Å². The van der Waals surface area contributed by atoms with Gasteiger partial charge in [0.05, 0.1) is 29.1 Å². The van der Waals surface area contributed by atoms with E-state index < -0.39 is 66.9 Å². The molecule has 3 atom stereocenters. The Labute approximate surface area is 201 Å². The average molecular weight is 509 g/mol.